The molecule has 0 amide bonds. The lowest BCUT2D eigenvalue weighted by Gasteiger charge is -1.98. The van der Waals surface area contributed by atoms with Crippen LogP contribution in [0.3, 0.4) is 0 Å². The molecule has 0 aliphatic rings. The van der Waals surface area contributed by atoms with E-state index in [0.29, 0.717) is 0 Å². The molecule has 0 atom stereocenters. The smallest absolute Gasteiger partial charge is 0.152 e. The monoisotopic (exact) mass is 155 g/mol. The van der Waals surface area contributed by atoms with Gasteiger partial charge in [0.2, 0.25) is 0 Å². The van der Waals surface area contributed by atoms with Crippen molar-refractivity contribution in [1.29, 1.82) is 0 Å². The maximum absolute atomic E-state index is 5.31. The summed E-state index contributed by atoms with van der Waals surface area (Å²) in [5.74, 6) is 0.449. The fourth-order valence-electron chi connectivity index (χ4n) is 0.424. The average molecular weight is 155 g/mol. The molecular weight excluding hydrogens is 142 g/mol. The van der Waals surface area contributed by atoms with Crippen LogP contribution >= 0.6 is 0 Å². The summed E-state index contributed by atoms with van der Waals surface area (Å²) < 4.78 is 0. The topological polar surface area (TPSA) is 104 Å². The normalized spacial score (nSPS) is 8.18. The highest BCUT2D eigenvalue weighted by Crippen LogP contribution is 2.14. The summed E-state index contributed by atoms with van der Waals surface area (Å²) >= 11 is 0. The highest BCUT2D eigenvalue weighted by Gasteiger charge is 1.97. The van der Waals surface area contributed by atoms with Gasteiger partial charge in [-0.2, -0.15) is 0 Å². The van der Waals surface area contributed by atoms with Crippen molar-refractivity contribution in [3.63, 3.8) is 0 Å². The molecule has 62 valence electrons. The van der Waals surface area contributed by atoms with E-state index in [-0.39, 0.29) is 17.3 Å². The Morgan fingerprint density at radius 1 is 1.00 bits per heavy atom. The van der Waals surface area contributed by atoms with Crippen LogP contribution in [0.15, 0.2) is 6.33 Å². The maximum Gasteiger partial charge on any atom is 0.152 e. The molecule has 0 unspecified atom stereocenters. The minimum atomic E-state index is 0.225. The molecule has 0 bridgehead atoms. The molecule has 0 saturated carbocycles. The number of anilines is 3. The third-order valence-corrected chi connectivity index (χ3v) is 0.946. The van der Waals surface area contributed by atoms with Crippen molar-refractivity contribution < 1.29 is 0 Å². The molecular formula is C6H13N5. The molecule has 0 fully saturated rings. The summed E-state index contributed by atoms with van der Waals surface area (Å²) in [5.41, 5.74) is 16.1. The summed E-state index contributed by atoms with van der Waals surface area (Å²) in [5, 5.41) is 0. The van der Waals surface area contributed by atoms with E-state index in [4.69, 9.17) is 17.2 Å². The fourth-order valence-corrected chi connectivity index (χ4v) is 0.424. The second kappa shape index (κ2) is 4.32. The number of nitrogens with two attached hydrogens (primary N) is 3. The molecule has 0 aliphatic heterocycles. The van der Waals surface area contributed by atoms with Crippen molar-refractivity contribution in [1.82, 2.24) is 9.97 Å². The zero-order valence-electron chi connectivity index (χ0n) is 6.70. The lowest BCUT2D eigenvalue weighted by Crippen LogP contribution is -2.03. The SMILES string of the molecule is CC.Nc1ncnc(N)c1N. The van der Waals surface area contributed by atoms with Gasteiger partial charge in [0.15, 0.2) is 11.6 Å². The molecule has 6 N–H and O–H groups in total. The van der Waals surface area contributed by atoms with Gasteiger partial charge in [-0.15, -0.1) is 0 Å². The van der Waals surface area contributed by atoms with Crippen molar-refractivity contribution in [2.24, 2.45) is 0 Å². The van der Waals surface area contributed by atoms with E-state index in [1.165, 1.54) is 6.33 Å². The zero-order chi connectivity index (χ0) is 8.85. The lowest BCUT2D eigenvalue weighted by atomic mass is 10.4. The Bertz CT molecular complexity index is 202. The number of hydrogen-bond donors (Lipinski definition) is 3. The van der Waals surface area contributed by atoms with Gasteiger partial charge in [0, 0.05) is 0 Å². The quantitative estimate of drug-likeness (QED) is 0.498. The first-order valence-corrected chi connectivity index (χ1v) is 3.33. The first-order chi connectivity index (χ1) is 5.22. The molecule has 1 heterocycles. The van der Waals surface area contributed by atoms with Crippen molar-refractivity contribution in [3.05, 3.63) is 6.33 Å². The van der Waals surface area contributed by atoms with Crippen molar-refractivity contribution in [2.45, 2.75) is 13.8 Å². The van der Waals surface area contributed by atoms with E-state index in [9.17, 15) is 0 Å². The Morgan fingerprint density at radius 3 is 1.64 bits per heavy atom. The number of aromatic nitrogens is 2. The van der Waals surface area contributed by atoms with Crippen molar-refractivity contribution >= 4 is 17.3 Å². The van der Waals surface area contributed by atoms with E-state index in [2.05, 4.69) is 9.97 Å². The third kappa shape index (κ3) is 2.29. The molecule has 0 aromatic carbocycles. The average Bonchev–Trinajstić information content (AvgIpc) is 2.04. The van der Waals surface area contributed by atoms with Crippen molar-refractivity contribution in [3.8, 4) is 0 Å². The van der Waals surface area contributed by atoms with Gasteiger partial charge in [0.1, 0.15) is 12.0 Å². The molecule has 0 radical (unpaired) electrons. The Labute approximate surface area is 65.6 Å². The van der Waals surface area contributed by atoms with Gasteiger partial charge in [-0.1, -0.05) is 13.8 Å². The van der Waals surface area contributed by atoms with Gasteiger partial charge in [-0.05, 0) is 0 Å². The summed E-state index contributed by atoms with van der Waals surface area (Å²) in [6.07, 6.45) is 1.26. The van der Waals surface area contributed by atoms with Crippen LogP contribution in [-0.2, 0) is 0 Å². The van der Waals surface area contributed by atoms with Gasteiger partial charge in [-0.3, -0.25) is 0 Å². The van der Waals surface area contributed by atoms with E-state index in [1.807, 2.05) is 13.8 Å². The van der Waals surface area contributed by atoms with Gasteiger partial charge in [0.25, 0.3) is 0 Å². The Kier molecular flexibility index (Phi) is 3.72. The zero-order valence-corrected chi connectivity index (χ0v) is 6.70. The maximum atomic E-state index is 5.31. The van der Waals surface area contributed by atoms with Crippen LogP contribution in [0.25, 0.3) is 0 Å². The molecule has 0 spiro atoms. The molecule has 1 rings (SSSR count). The van der Waals surface area contributed by atoms with E-state index >= 15 is 0 Å². The van der Waals surface area contributed by atoms with Gasteiger partial charge in [-0.25, -0.2) is 9.97 Å². The predicted octanol–water partition coefficient (Wildman–Crippen LogP) is 0.249. The van der Waals surface area contributed by atoms with Crippen LogP contribution in [0.4, 0.5) is 17.3 Å². The lowest BCUT2D eigenvalue weighted by molar-refractivity contribution is 1.19. The van der Waals surface area contributed by atoms with Crippen LogP contribution in [0.2, 0.25) is 0 Å². The van der Waals surface area contributed by atoms with Gasteiger partial charge < -0.3 is 17.2 Å². The van der Waals surface area contributed by atoms with Gasteiger partial charge >= 0.3 is 0 Å². The van der Waals surface area contributed by atoms with Crippen molar-refractivity contribution in [2.75, 3.05) is 17.2 Å². The highest BCUT2D eigenvalue weighted by molar-refractivity contribution is 5.69. The summed E-state index contributed by atoms with van der Waals surface area (Å²) in [4.78, 5) is 7.20. The fraction of sp³-hybridized carbons (Fsp3) is 0.333. The summed E-state index contributed by atoms with van der Waals surface area (Å²) in [6, 6.07) is 0. The number of nitrogen functional groups attached to an aromatic ring is 3. The van der Waals surface area contributed by atoms with Crippen LogP contribution in [0.1, 0.15) is 13.8 Å². The van der Waals surface area contributed by atoms with Crippen LogP contribution < -0.4 is 17.2 Å². The summed E-state index contributed by atoms with van der Waals surface area (Å²) in [6.45, 7) is 4.00. The van der Waals surface area contributed by atoms with Crippen LogP contribution in [0, 0.1) is 0 Å². The third-order valence-electron chi connectivity index (χ3n) is 0.946. The van der Waals surface area contributed by atoms with Crippen LogP contribution in [0.5, 0.6) is 0 Å². The first-order valence-electron chi connectivity index (χ1n) is 3.33. The molecule has 0 saturated heterocycles. The molecule has 11 heavy (non-hydrogen) atoms. The Hall–Kier alpha value is -1.52. The molecule has 0 aliphatic carbocycles. The molecule has 1 aromatic rings. The minimum absolute atomic E-state index is 0.225. The second-order valence-electron chi connectivity index (χ2n) is 1.56. The number of hydrogen-bond acceptors (Lipinski definition) is 5. The summed E-state index contributed by atoms with van der Waals surface area (Å²) in [7, 11) is 0. The molecule has 5 heteroatoms. The minimum Gasteiger partial charge on any atom is -0.393 e. The Balaban J connectivity index is 0.000000461. The number of nitrogens with zero attached hydrogens (tertiary/aromatic N) is 2. The second-order valence-corrected chi connectivity index (χ2v) is 1.56. The standard InChI is InChI=1S/C4H7N5.C2H6/c5-2-3(6)8-1-9-4(2)7;1-2/h1H,5H2,(H4,6,7,8,9);1-2H3. The van der Waals surface area contributed by atoms with E-state index in [1.54, 1.807) is 0 Å². The highest BCUT2D eigenvalue weighted by atomic mass is 15.0. The van der Waals surface area contributed by atoms with Crippen LogP contribution in [-0.4, -0.2) is 9.97 Å². The largest absolute Gasteiger partial charge is 0.393 e. The predicted molar refractivity (Wildman–Crippen MR) is 46.6 cm³/mol. The Morgan fingerprint density at radius 2 is 1.36 bits per heavy atom. The first kappa shape index (κ1) is 9.48. The van der Waals surface area contributed by atoms with E-state index in [0.717, 1.165) is 0 Å². The molecule has 1 aromatic heterocycles. The van der Waals surface area contributed by atoms with Gasteiger partial charge in [0.05, 0.1) is 0 Å². The molecule has 5 nitrogen and oxygen atoms in total. The van der Waals surface area contributed by atoms with E-state index < -0.39 is 0 Å². The number of rotatable bonds is 0.